The van der Waals surface area contributed by atoms with E-state index in [2.05, 4.69) is 12.1 Å². The van der Waals surface area contributed by atoms with Crippen LogP contribution in [0.25, 0.3) is 0 Å². The van der Waals surface area contributed by atoms with Crippen molar-refractivity contribution in [3.63, 3.8) is 0 Å². The summed E-state index contributed by atoms with van der Waals surface area (Å²) in [6.07, 6.45) is 11.5. The van der Waals surface area contributed by atoms with Crippen molar-refractivity contribution in [1.29, 1.82) is 0 Å². The highest BCUT2D eigenvalue weighted by molar-refractivity contribution is 5.49. The molecule has 1 aromatic rings. The van der Waals surface area contributed by atoms with Gasteiger partial charge in [-0.2, -0.15) is 0 Å². The van der Waals surface area contributed by atoms with Gasteiger partial charge in [0.15, 0.2) is 0 Å². The summed E-state index contributed by atoms with van der Waals surface area (Å²) >= 11 is 0. The topological polar surface area (TPSA) is 0 Å². The molecule has 18 heavy (non-hydrogen) atoms. The molecule has 0 heterocycles. The Balaban J connectivity index is 0.000000478. The first-order valence-electron chi connectivity index (χ1n) is 8.08. The summed E-state index contributed by atoms with van der Waals surface area (Å²) in [4.78, 5) is 0. The third-order valence-electron chi connectivity index (χ3n) is 5.15. The van der Waals surface area contributed by atoms with Crippen LogP contribution in [0.1, 0.15) is 86.5 Å². The lowest BCUT2D eigenvalue weighted by molar-refractivity contribution is 0.401. The van der Waals surface area contributed by atoms with Crippen LogP contribution in [0.15, 0.2) is 12.1 Å². The fourth-order valence-electron chi connectivity index (χ4n) is 4.47. The van der Waals surface area contributed by atoms with Gasteiger partial charge in [-0.05, 0) is 85.5 Å². The molecule has 0 saturated heterocycles. The highest BCUT2D eigenvalue weighted by atomic mass is 14.4. The second-order valence-corrected chi connectivity index (χ2v) is 5.97. The third kappa shape index (κ3) is 1.81. The SMILES string of the molecule is CC.c1cc2c3c4c1CCCC4CCC3CCC2. The Labute approximate surface area is 112 Å². The summed E-state index contributed by atoms with van der Waals surface area (Å²) in [5.74, 6) is 1.88. The standard InChI is InChI=1S/C16H20.C2H6/c1-3-11-7-9-13-5-2-6-14-10-8-12(4-1)15(11)16(13)14;1-2/h7,9,12,14H,1-6,8,10H2;1-2H3. The Hall–Kier alpha value is -0.780. The highest BCUT2D eigenvalue weighted by Crippen LogP contribution is 2.50. The van der Waals surface area contributed by atoms with Crippen LogP contribution in [0.3, 0.4) is 0 Å². The molecule has 2 unspecified atom stereocenters. The van der Waals surface area contributed by atoms with Crippen molar-refractivity contribution < 1.29 is 0 Å². The van der Waals surface area contributed by atoms with Gasteiger partial charge >= 0.3 is 0 Å². The molecular formula is C18H26. The van der Waals surface area contributed by atoms with Crippen LogP contribution in [-0.4, -0.2) is 0 Å². The second kappa shape index (κ2) is 5.07. The lowest BCUT2D eigenvalue weighted by Gasteiger charge is -2.40. The van der Waals surface area contributed by atoms with Gasteiger partial charge in [-0.25, -0.2) is 0 Å². The number of hydrogen-bond donors (Lipinski definition) is 0. The van der Waals surface area contributed by atoms with Crippen LogP contribution >= 0.6 is 0 Å². The van der Waals surface area contributed by atoms with Crippen molar-refractivity contribution in [2.45, 2.75) is 77.0 Å². The van der Waals surface area contributed by atoms with Gasteiger partial charge in [0.1, 0.15) is 0 Å². The first kappa shape index (κ1) is 12.3. The first-order valence-corrected chi connectivity index (χ1v) is 8.08. The van der Waals surface area contributed by atoms with Crippen LogP contribution in [-0.2, 0) is 12.8 Å². The summed E-state index contributed by atoms with van der Waals surface area (Å²) in [6.45, 7) is 4.00. The molecule has 0 radical (unpaired) electrons. The van der Waals surface area contributed by atoms with Gasteiger partial charge in [0.2, 0.25) is 0 Å². The van der Waals surface area contributed by atoms with Gasteiger partial charge < -0.3 is 0 Å². The van der Waals surface area contributed by atoms with Crippen LogP contribution in [0, 0.1) is 0 Å². The molecule has 0 heteroatoms. The second-order valence-electron chi connectivity index (χ2n) is 5.97. The zero-order chi connectivity index (χ0) is 12.5. The van der Waals surface area contributed by atoms with Gasteiger partial charge in [0.05, 0.1) is 0 Å². The van der Waals surface area contributed by atoms with Gasteiger partial charge in [-0.3, -0.25) is 0 Å². The quantitative estimate of drug-likeness (QED) is 0.575. The molecule has 0 nitrogen and oxygen atoms in total. The third-order valence-corrected chi connectivity index (χ3v) is 5.15. The molecule has 0 aliphatic heterocycles. The van der Waals surface area contributed by atoms with Crippen molar-refractivity contribution in [3.05, 3.63) is 34.4 Å². The Morgan fingerprint density at radius 1 is 0.722 bits per heavy atom. The maximum atomic E-state index is 2.45. The molecule has 0 aromatic heterocycles. The molecule has 0 spiro atoms. The minimum Gasteiger partial charge on any atom is -0.0683 e. The van der Waals surface area contributed by atoms with Crippen molar-refractivity contribution >= 4 is 0 Å². The van der Waals surface area contributed by atoms with Gasteiger partial charge in [-0.1, -0.05) is 26.0 Å². The van der Waals surface area contributed by atoms with E-state index in [1.807, 2.05) is 25.0 Å². The minimum absolute atomic E-state index is 0.938. The average molecular weight is 242 g/mol. The van der Waals surface area contributed by atoms with E-state index >= 15 is 0 Å². The van der Waals surface area contributed by atoms with E-state index in [1.165, 1.54) is 51.4 Å². The summed E-state index contributed by atoms with van der Waals surface area (Å²) in [5.41, 5.74) is 7.09. The molecular weight excluding hydrogens is 216 g/mol. The van der Waals surface area contributed by atoms with Crippen LogP contribution in [0.2, 0.25) is 0 Å². The van der Waals surface area contributed by atoms with Gasteiger partial charge in [0.25, 0.3) is 0 Å². The molecule has 0 fully saturated rings. The molecule has 0 bridgehead atoms. The molecule has 2 atom stereocenters. The zero-order valence-electron chi connectivity index (χ0n) is 12.0. The fourth-order valence-corrected chi connectivity index (χ4v) is 4.47. The Morgan fingerprint density at radius 3 is 1.61 bits per heavy atom. The maximum Gasteiger partial charge on any atom is -0.0156 e. The fraction of sp³-hybridized carbons (Fsp3) is 0.667. The van der Waals surface area contributed by atoms with Crippen molar-refractivity contribution in [2.24, 2.45) is 0 Å². The predicted molar refractivity (Wildman–Crippen MR) is 78.4 cm³/mol. The molecule has 0 saturated carbocycles. The monoisotopic (exact) mass is 242 g/mol. The van der Waals surface area contributed by atoms with E-state index in [9.17, 15) is 0 Å². The Bertz CT molecular complexity index is 389. The molecule has 3 aliphatic rings. The van der Waals surface area contributed by atoms with E-state index in [0.29, 0.717) is 0 Å². The number of hydrogen-bond acceptors (Lipinski definition) is 0. The Morgan fingerprint density at radius 2 is 1.17 bits per heavy atom. The number of rotatable bonds is 0. The summed E-state index contributed by atoms with van der Waals surface area (Å²) < 4.78 is 0. The molecule has 3 aliphatic carbocycles. The summed E-state index contributed by atoms with van der Waals surface area (Å²) in [7, 11) is 0. The molecule has 0 amide bonds. The number of aryl methyl sites for hydroxylation is 2. The molecule has 1 aromatic carbocycles. The lowest BCUT2D eigenvalue weighted by Crippen LogP contribution is -2.24. The number of benzene rings is 1. The minimum atomic E-state index is 0.938. The van der Waals surface area contributed by atoms with E-state index in [4.69, 9.17) is 0 Å². The molecule has 0 N–H and O–H groups in total. The van der Waals surface area contributed by atoms with Crippen molar-refractivity contribution in [2.75, 3.05) is 0 Å². The van der Waals surface area contributed by atoms with Crippen molar-refractivity contribution in [1.82, 2.24) is 0 Å². The van der Waals surface area contributed by atoms with E-state index in [1.54, 1.807) is 11.1 Å². The Kier molecular flexibility index (Phi) is 3.46. The predicted octanol–water partition coefficient (Wildman–Crippen LogP) is 5.35. The maximum absolute atomic E-state index is 2.45. The van der Waals surface area contributed by atoms with Crippen LogP contribution < -0.4 is 0 Å². The molecule has 98 valence electrons. The summed E-state index contributed by atoms with van der Waals surface area (Å²) in [5, 5.41) is 0. The van der Waals surface area contributed by atoms with Crippen molar-refractivity contribution in [3.8, 4) is 0 Å². The average Bonchev–Trinajstić information content (AvgIpc) is 2.47. The van der Waals surface area contributed by atoms with E-state index < -0.39 is 0 Å². The van der Waals surface area contributed by atoms with Crippen LogP contribution in [0.4, 0.5) is 0 Å². The largest absolute Gasteiger partial charge is 0.0683 e. The van der Waals surface area contributed by atoms with E-state index in [-0.39, 0.29) is 0 Å². The van der Waals surface area contributed by atoms with Gasteiger partial charge in [-0.15, -0.1) is 0 Å². The highest BCUT2D eigenvalue weighted by Gasteiger charge is 2.34. The lowest BCUT2D eigenvalue weighted by atomic mass is 9.65. The summed E-state index contributed by atoms with van der Waals surface area (Å²) in [6, 6.07) is 4.90. The normalized spacial score (nSPS) is 27.9. The van der Waals surface area contributed by atoms with Crippen LogP contribution in [0.5, 0.6) is 0 Å². The zero-order valence-corrected chi connectivity index (χ0v) is 12.0. The van der Waals surface area contributed by atoms with E-state index in [0.717, 1.165) is 11.8 Å². The van der Waals surface area contributed by atoms with Gasteiger partial charge in [0, 0.05) is 0 Å². The first-order chi connectivity index (χ1) is 8.93. The smallest absolute Gasteiger partial charge is 0.0156 e. The molecule has 4 rings (SSSR count).